The van der Waals surface area contributed by atoms with Crippen LogP contribution in [0.4, 0.5) is 5.69 Å². The molecule has 0 saturated heterocycles. The Balaban J connectivity index is 2.08. The van der Waals surface area contributed by atoms with Crippen molar-refractivity contribution in [2.45, 2.75) is 6.92 Å². The molecule has 0 saturated carbocycles. The van der Waals surface area contributed by atoms with Gasteiger partial charge in [0.15, 0.2) is 0 Å². The molecule has 0 bridgehead atoms. The van der Waals surface area contributed by atoms with Gasteiger partial charge in [-0.05, 0) is 35.7 Å². The number of hydrazone groups is 1. The molecule has 2 aromatic rings. The first-order valence-electron chi connectivity index (χ1n) is 6.41. The smallest absolute Gasteiger partial charge is 0.0715 e. The predicted octanol–water partition coefficient (Wildman–Crippen LogP) is 0.250. The lowest BCUT2D eigenvalue weighted by molar-refractivity contribution is -0.256. The lowest BCUT2D eigenvalue weighted by Gasteiger charge is -2.07. The van der Waals surface area contributed by atoms with Crippen molar-refractivity contribution in [1.29, 1.82) is 0 Å². The number of hydrogen-bond donors (Lipinski definition) is 1. The fourth-order valence-corrected chi connectivity index (χ4v) is 1.74. The summed E-state index contributed by atoms with van der Waals surface area (Å²) in [6.07, 6.45) is 0. The molecule has 0 atom stereocenters. The first-order chi connectivity index (χ1) is 10.5. The van der Waals surface area contributed by atoms with Gasteiger partial charge < -0.3 is 19.8 Å². The zero-order valence-corrected chi connectivity index (χ0v) is 11.7. The largest absolute Gasteiger partial charge is 0.545 e. The summed E-state index contributed by atoms with van der Waals surface area (Å²) in [5.41, 5.74) is 5.00. The lowest BCUT2D eigenvalue weighted by Crippen LogP contribution is -2.22. The zero-order valence-electron chi connectivity index (χ0n) is 11.7. The Morgan fingerprint density at radius 3 is 1.68 bits per heavy atom. The molecular weight excluding hydrogens is 284 g/mol. The topological polar surface area (TPSA) is 105 Å². The number of benzene rings is 2. The van der Waals surface area contributed by atoms with Gasteiger partial charge in [0.2, 0.25) is 0 Å². The summed E-state index contributed by atoms with van der Waals surface area (Å²) in [4.78, 5) is 21.3. The van der Waals surface area contributed by atoms with Gasteiger partial charge in [-0.15, -0.1) is 0 Å². The number of carboxylic acid groups (broad SMARTS) is 2. The van der Waals surface area contributed by atoms with E-state index in [1.165, 1.54) is 24.3 Å². The molecule has 0 aromatic heterocycles. The molecule has 0 radical (unpaired) electrons. The zero-order chi connectivity index (χ0) is 16.1. The van der Waals surface area contributed by atoms with E-state index in [4.69, 9.17) is 0 Å². The molecule has 0 unspecified atom stereocenters. The normalized spacial score (nSPS) is 11.0. The van der Waals surface area contributed by atoms with Crippen LogP contribution in [0.3, 0.4) is 0 Å². The van der Waals surface area contributed by atoms with Crippen LogP contribution >= 0.6 is 0 Å². The summed E-state index contributed by atoms with van der Waals surface area (Å²) in [5.74, 6) is -2.47. The minimum atomic E-state index is -1.24. The molecule has 22 heavy (non-hydrogen) atoms. The number of anilines is 1. The van der Waals surface area contributed by atoms with Crippen LogP contribution in [0.1, 0.15) is 33.2 Å². The van der Waals surface area contributed by atoms with Gasteiger partial charge in [0.25, 0.3) is 0 Å². The monoisotopic (exact) mass is 296 g/mol. The number of hydrogen-bond acceptors (Lipinski definition) is 6. The summed E-state index contributed by atoms with van der Waals surface area (Å²) in [7, 11) is 0. The molecule has 0 heterocycles. The Hall–Kier alpha value is -3.15. The quantitative estimate of drug-likeness (QED) is 0.629. The summed E-state index contributed by atoms with van der Waals surface area (Å²) in [6.45, 7) is 1.76. The van der Waals surface area contributed by atoms with Gasteiger partial charge in [-0.1, -0.05) is 36.4 Å². The highest BCUT2D eigenvalue weighted by Gasteiger charge is 1.99. The van der Waals surface area contributed by atoms with Crippen LogP contribution in [0.25, 0.3) is 0 Å². The summed E-state index contributed by atoms with van der Waals surface area (Å²) >= 11 is 0. The van der Waals surface area contributed by atoms with E-state index in [2.05, 4.69) is 10.5 Å². The van der Waals surface area contributed by atoms with Gasteiger partial charge >= 0.3 is 0 Å². The average Bonchev–Trinajstić information content (AvgIpc) is 2.53. The van der Waals surface area contributed by atoms with E-state index in [-0.39, 0.29) is 11.1 Å². The maximum atomic E-state index is 10.7. The highest BCUT2D eigenvalue weighted by atomic mass is 16.4. The first kappa shape index (κ1) is 15.2. The third-order valence-electron chi connectivity index (χ3n) is 3.01. The van der Waals surface area contributed by atoms with E-state index >= 15 is 0 Å². The molecule has 2 aromatic carbocycles. The number of aromatic carboxylic acids is 2. The minimum Gasteiger partial charge on any atom is -0.545 e. The van der Waals surface area contributed by atoms with E-state index in [0.29, 0.717) is 11.4 Å². The maximum Gasteiger partial charge on any atom is 0.0715 e. The molecule has 0 aliphatic carbocycles. The molecule has 0 aliphatic rings. The molecule has 6 nitrogen and oxygen atoms in total. The van der Waals surface area contributed by atoms with Gasteiger partial charge in [0.1, 0.15) is 0 Å². The summed E-state index contributed by atoms with van der Waals surface area (Å²) in [5, 5.41) is 25.5. The molecule has 0 fully saturated rings. The van der Waals surface area contributed by atoms with Crippen LogP contribution in [0.5, 0.6) is 0 Å². The summed E-state index contributed by atoms with van der Waals surface area (Å²) in [6, 6.07) is 12.1. The van der Waals surface area contributed by atoms with Crippen molar-refractivity contribution in [2.75, 3.05) is 5.43 Å². The molecule has 0 amide bonds. The van der Waals surface area contributed by atoms with Crippen molar-refractivity contribution in [3.63, 3.8) is 0 Å². The Bertz CT molecular complexity index is 719. The van der Waals surface area contributed by atoms with E-state index in [9.17, 15) is 19.8 Å². The third kappa shape index (κ3) is 3.69. The molecule has 6 heteroatoms. The van der Waals surface area contributed by atoms with E-state index in [0.717, 1.165) is 5.56 Å². The van der Waals surface area contributed by atoms with Gasteiger partial charge in [0, 0.05) is 0 Å². The SMILES string of the molecule is C/C(=N\Nc1ccc(C(=O)[O-])cc1)c1ccc(C(=O)[O-])cc1. The van der Waals surface area contributed by atoms with Gasteiger partial charge in [-0.2, -0.15) is 5.10 Å². The van der Waals surface area contributed by atoms with Crippen LogP contribution in [0.15, 0.2) is 53.6 Å². The Morgan fingerprint density at radius 1 is 0.818 bits per heavy atom. The standard InChI is InChI=1S/C16H14N2O4/c1-10(11-2-4-12(5-3-11)15(19)20)17-18-14-8-6-13(7-9-14)16(21)22/h2-9,18H,1H3,(H,19,20)(H,21,22)/p-2/b17-10+. The molecule has 2 rings (SSSR count). The van der Waals surface area contributed by atoms with Gasteiger partial charge in [-0.3, -0.25) is 5.43 Å². The Kier molecular flexibility index (Phi) is 4.53. The number of rotatable bonds is 5. The number of carbonyl (C=O) groups is 2. The third-order valence-corrected chi connectivity index (χ3v) is 3.01. The van der Waals surface area contributed by atoms with Crippen LogP contribution < -0.4 is 15.6 Å². The lowest BCUT2D eigenvalue weighted by atomic mass is 10.1. The molecule has 1 N–H and O–H groups in total. The van der Waals surface area contributed by atoms with Crippen molar-refractivity contribution in [3.8, 4) is 0 Å². The fraction of sp³-hybridized carbons (Fsp3) is 0.0625. The first-order valence-corrected chi connectivity index (χ1v) is 6.41. The van der Waals surface area contributed by atoms with Gasteiger partial charge in [0.05, 0.1) is 23.3 Å². The molecular formula is C16H12N2O4-2. The van der Waals surface area contributed by atoms with Crippen molar-refractivity contribution >= 4 is 23.3 Å². The fourth-order valence-electron chi connectivity index (χ4n) is 1.74. The molecule has 112 valence electrons. The van der Waals surface area contributed by atoms with Crippen LogP contribution in [0, 0.1) is 0 Å². The number of nitrogens with zero attached hydrogens (tertiary/aromatic N) is 1. The van der Waals surface area contributed by atoms with E-state index in [1.807, 2.05) is 0 Å². The second kappa shape index (κ2) is 6.53. The van der Waals surface area contributed by atoms with Crippen LogP contribution in [0.2, 0.25) is 0 Å². The highest BCUT2D eigenvalue weighted by Crippen LogP contribution is 2.10. The van der Waals surface area contributed by atoms with Crippen LogP contribution in [-0.2, 0) is 0 Å². The van der Waals surface area contributed by atoms with Crippen molar-refractivity contribution in [3.05, 3.63) is 65.2 Å². The second-order valence-electron chi connectivity index (χ2n) is 4.54. The molecule has 0 aliphatic heterocycles. The van der Waals surface area contributed by atoms with E-state index < -0.39 is 11.9 Å². The number of carbonyl (C=O) groups excluding carboxylic acids is 2. The van der Waals surface area contributed by atoms with Crippen LogP contribution in [-0.4, -0.2) is 17.7 Å². The predicted molar refractivity (Wildman–Crippen MR) is 77.4 cm³/mol. The Morgan fingerprint density at radius 2 is 1.23 bits per heavy atom. The van der Waals surface area contributed by atoms with Gasteiger partial charge in [-0.25, -0.2) is 0 Å². The van der Waals surface area contributed by atoms with E-state index in [1.54, 1.807) is 31.2 Å². The second-order valence-corrected chi connectivity index (χ2v) is 4.54. The van der Waals surface area contributed by atoms with Crippen molar-refractivity contribution in [1.82, 2.24) is 0 Å². The van der Waals surface area contributed by atoms with Crippen molar-refractivity contribution < 1.29 is 19.8 Å². The molecule has 0 spiro atoms. The minimum absolute atomic E-state index is 0.0871. The number of carboxylic acids is 2. The number of nitrogens with one attached hydrogen (secondary N) is 1. The highest BCUT2D eigenvalue weighted by molar-refractivity contribution is 5.99. The summed E-state index contributed by atoms with van der Waals surface area (Å²) < 4.78 is 0. The maximum absolute atomic E-state index is 10.7. The van der Waals surface area contributed by atoms with Crippen molar-refractivity contribution in [2.24, 2.45) is 5.10 Å². The average molecular weight is 296 g/mol. The Labute approximate surface area is 126 Å².